The number of imide groups is 1. The average Bonchev–Trinajstić information content (AvgIpc) is 3.26. The zero-order valence-electron chi connectivity index (χ0n) is 15.4. The lowest BCUT2D eigenvalue weighted by atomic mass is 9.67. The van der Waals surface area contributed by atoms with Crippen LogP contribution in [0.1, 0.15) is 26.2 Å². The normalized spacial score (nSPS) is 33.5. The molecule has 3 aliphatic rings. The first-order valence-corrected chi connectivity index (χ1v) is 9.40. The zero-order valence-corrected chi connectivity index (χ0v) is 15.4. The SMILES string of the molecule is [C-]#[N+]c1ccc(N2C(=O)[C@@H]3[C@H](C2=O)C2(C)CCC3(CCO)O2)c2cccnc12. The van der Waals surface area contributed by atoms with Gasteiger partial charge in [-0.2, -0.15) is 0 Å². The molecule has 0 radical (unpaired) electrons. The maximum absolute atomic E-state index is 13.5. The van der Waals surface area contributed by atoms with Crippen molar-refractivity contribution in [3.8, 4) is 0 Å². The van der Waals surface area contributed by atoms with E-state index in [1.54, 1.807) is 30.5 Å². The van der Waals surface area contributed by atoms with Crippen LogP contribution in [-0.2, 0) is 14.3 Å². The number of aromatic nitrogens is 1. The number of anilines is 1. The minimum atomic E-state index is -0.778. The number of ether oxygens (including phenoxy) is 1. The van der Waals surface area contributed by atoms with E-state index >= 15 is 0 Å². The quantitative estimate of drug-likeness (QED) is 0.657. The second kappa shape index (κ2) is 5.60. The number of carbonyl (C=O) groups excluding carboxylic acids is 2. The molecule has 4 atom stereocenters. The van der Waals surface area contributed by atoms with Crippen molar-refractivity contribution in [1.29, 1.82) is 0 Å². The van der Waals surface area contributed by atoms with Crippen LogP contribution in [0.2, 0.25) is 0 Å². The van der Waals surface area contributed by atoms with E-state index < -0.39 is 23.0 Å². The minimum absolute atomic E-state index is 0.0900. The predicted octanol–water partition coefficient (Wildman–Crippen LogP) is 2.60. The summed E-state index contributed by atoms with van der Waals surface area (Å²) in [7, 11) is 0. The molecule has 5 rings (SSSR count). The van der Waals surface area contributed by atoms with Gasteiger partial charge in [-0.3, -0.25) is 14.6 Å². The average molecular weight is 377 g/mol. The van der Waals surface area contributed by atoms with Gasteiger partial charge in [0.15, 0.2) is 0 Å². The highest BCUT2D eigenvalue weighted by Gasteiger charge is 2.73. The molecule has 3 aliphatic heterocycles. The monoisotopic (exact) mass is 377 g/mol. The van der Waals surface area contributed by atoms with E-state index in [-0.39, 0.29) is 18.4 Å². The molecule has 2 unspecified atom stereocenters. The first-order chi connectivity index (χ1) is 13.5. The number of pyridine rings is 1. The van der Waals surface area contributed by atoms with Gasteiger partial charge >= 0.3 is 0 Å². The summed E-state index contributed by atoms with van der Waals surface area (Å²) < 4.78 is 6.22. The van der Waals surface area contributed by atoms with Gasteiger partial charge in [-0.05, 0) is 31.9 Å². The van der Waals surface area contributed by atoms with Crippen LogP contribution in [0.5, 0.6) is 0 Å². The number of nitrogens with zero attached hydrogens (tertiary/aromatic N) is 3. The molecule has 28 heavy (non-hydrogen) atoms. The minimum Gasteiger partial charge on any atom is -0.396 e. The van der Waals surface area contributed by atoms with Crippen molar-refractivity contribution < 1.29 is 19.4 Å². The molecule has 3 fully saturated rings. The Morgan fingerprint density at radius 2 is 2.07 bits per heavy atom. The highest BCUT2D eigenvalue weighted by molar-refractivity contribution is 6.26. The van der Waals surface area contributed by atoms with Gasteiger partial charge in [0.2, 0.25) is 17.5 Å². The number of hydrogen-bond donors (Lipinski definition) is 1. The number of aliphatic hydroxyl groups is 1. The van der Waals surface area contributed by atoms with Crippen molar-refractivity contribution in [3.63, 3.8) is 0 Å². The molecule has 2 bridgehead atoms. The molecule has 2 aromatic rings. The maximum atomic E-state index is 13.5. The molecule has 1 N–H and O–H groups in total. The number of benzene rings is 1. The third-order valence-corrected chi connectivity index (χ3v) is 6.63. The summed E-state index contributed by atoms with van der Waals surface area (Å²) in [5.74, 6) is -1.68. The summed E-state index contributed by atoms with van der Waals surface area (Å²) in [6.45, 7) is 9.15. The highest BCUT2D eigenvalue weighted by atomic mass is 16.5. The van der Waals surface area contributed by atoms with Gasteiger partial charge in [0, 0.05) is 24.6 Å². The molecule has 142 valence electrons. The number of carbonyl (C=O) groups is 2. The van der Waals surface area contributed by atoms with Crippen LogP contribution in [0.4, 0.5) is 11.4 Å². The fourth-order valence-electron chi connectivity index (χ4n) is 5.46. The maximum Gasteiger partial charge on any atom is 0.240 e. The molecule has 3 saturated heterocycles. The number of aliphatic hydroxyl groups excluding tert-OH is 1. The lowest BCUT2D eigenvalue weighted by Gasteiger charge is -2.30. The Kier molecular flexibility index (Phi) is 3.46. The summed E-state index contributed by atoms with van der Waals surface area (Å²) in [5.41, 5.74) is -0.151. The molecule has 0 aliphatic carbocycles. The number of rotatable bonds is 3. The molecule has 0 spiro atoms. The first kappa shape index (κ1) is 17.3. The van der Waals surface area contributed by atoms with Crippen molar-refractivity contribution in [2.45, 2.75) is 37.4 Å². The zero-order chi connectivity index (χ0) is 19.7. The van der Waals surface area contributed by atoms with Crippen molar-refractivity contribution in [1.82, 2.24) is 4.98 Å². The van der Waals surface area contributed by atoms with E-state index in [1.807, 2.05) is 6.92 Å². The van der Waals surface area contributed by atoms with Gasteiger partial charge in [-0.15, -0.1) is 0 Å². The third kappa shape index (κ3) is 1.96. The second-order valence-corrected chi connectivity index (χ2v) is 8.04. The van der Waals surface area contributed by atoms with Gasteiger partial charge < -0.3 is 9.84 Å². The number of fused-ring (bicyclic) bond motifs is 6. The standard InChI is InChI=1S/C21H19N3O4/c1-20-7-8-21(28-20,9-11-25)16-15(20)18(26)24(19(16)27)14-6-5-13(22-2)17-12(14)4-3-10-23-17/h3-6,10,15-16,25H,7-9,11H2,1H3/t15-,16+,20?,21?/m1/s1. The first-order valence-electron chi connectivity index (χ1n) is 9.40. The van der Waals surface area contributed by atoms with E-state index in [4.69, 9.17) is 11.3 Å². The van der Waals surface area contributed by atoms with E-state index in [9.17, 15) is 14.7 Å². The second-order valence-electron chi connectivity index (χ2n) is 8.04. The van der Waals surface area contributed by atoms with Crippen LogP contribution in [0.25, 0.3) is 15.7 Å². The van der Waals surface area contributed by atoms with Crippen molar-refractivity contribution in [3.05, 3.63) is 41.9 Å². The number of hydrogen-bond acceptors (Lipinski definition) is 5. The molecule has 7 nitrogen and oxygen atoms in total. The van der Waals surface area contributed by atoms with Gasteiger partial charge in [0.25, 0.3) is 0 Å². The largest absolute Gasteiger partial charge is 0.396 e. The van der Waals surface area contributed by atoms with Crippen molar-refractivity contribution in [2.24, 2.45) is 11.8 Å². The Morgan fingerprint density at radius 3 is 2.82 bits per heavy atom. The van der Waals surface area contributed by atoms with Gasteiger partial charge in [-0.1, -0.05) is 12.1 Å². The molecule has 7 heteroatoms. The van der Waals surface area contributed by atoms with Crippen LogP contribution in [-0.4, -0.2) is 39.7 Å². The lowest BCUT2D eigenvalue weighted by molar-refractivity contribution is -0.131. The summed E-state index contributed by atoms with van der Waals surface area (Å²) in [4.78, 5) is 35.9. The Labute approximate surface area is 161 Å². The fourth-order valence-corrected chi connectivity index (χ4v) is 5.46. The summed E-state index contributed by atoms with van der Waals surface area (Å²) in [6.07, 6.45) is 3.29. The summed E-state index contributed by atoms with van der Waals surface area (Å²) in [6, 6.07) is 6.75. The van der Waals surface area contributed by atoms with Crippen molar-refractivity contribution >= 4 is 34.1 Å². The molecule has 2 amide bonds. The van der Waals surface area contributed by atoms with Crippen LogP contribution in [0, 0.1) is 18.4 Å². The molecular weight excluding hydrogens is 358 g/mol. The van der Waals surface area contributed by atoms with Gasteiger partial charge in [0.1, 0.15) is 0 Å². The third-order valence-electron chi connectivity index (χ3n) is 6.63. The predicted molar refractivity (Wildman–Crippen MR) is 101 cm³/mol. The van der Waals surface area contributed by atoms with Crippen LogP contribution < -0.4 is 4.90 Å². The molecule has 0 saturated carbocycles. The fraction of sp³-hybridized carbons (Fsp3) is 0.429. The topological polar surface area (TPSA) is 84.1 Å². The number of amides is 2. The van der Waals surface area contributed by atoms with Crippen LogP contribution >= 0.6 is 0 Å². The lowest BCUT2D eigenvalue weighted by Crippen LogP contribution is -2.42. The van der Waals surface area contributed by atoms with E-state index in [0.717, 1.165) is 0 Å². The van der Waals surface area contributed by atoms with Crippen molar-refractivity contribution in [2.75, 3.05) is 11.5 Å². The Bertz CT molecular complexity index is 1070. The smallest absolute Gasteiger partial charge is 0.240 e. The Morgan fingerprint density at radius 1 is 1.29 bits per heavy atom. The van der Waals surface area contributed by atoms with Crippen LogP contribution in [0.3, 0.4) is 0 Å². The highest BCUT2D eigenvalue weighted by Crippen LogP contribution is 2.62. The van der Waals surface area contributed by atoms with E-state index in [1.165, 1.54) is 4.90 Å². The molecular formula is C21H19N3O4. The summed E-state index contributed by atoms with van der Waals surface area (Å²) in [5, 5.41) is 10.2. The van der Waals surface area contributed by atoms with Crippen LogP contribution in [0.15, 0.2) is 30.5 Å². The summed E-state index contributed by atoms with van der Waals surface area (Å²) >= 11 is 0. The van der Waals surface area contributed by atoms with Gasteiger partial charge in [-0.25, -0.2) is 9.74 Å². The Balaban J connectivity index is 1.67. The molecule has 4 heterocycles. The van der Waals surface area contributed by atoms with E-state index in [0.29, 0.717) is 41.5 Å². The Hall–Kier alpha value is -2.82. The van der Waals surface area contributed by atoms with E-state index in [2.05, 4.69) is 9.83 Å². The molecule has 1 aromatic carbocycles. The molecule has 1 aromatic heterocycles. The van der Waals surface area contributed by atoms with Gasteiger partial charge in [0.05, 0.1) is 40.8 Å².